The smallest absolute Gasteiger partial charge is 0.0963 e. The van der Waals surface area contributed by atoms with Gasteiger partial charge in [0.25, 0.3) is 0 Å². The number of hydrogen-bond acceptors (Lipinski definition) is 3. The van der Waals surface area contributed by atoms with Gasteiger partial charge in [-0.2, -0.15) is 11.8 Å². The summed E-state index contributed by atoms with van der Waals surface area (Å²) < 4.78 is 5.54. The molecule has 1 heterocycles. The average Bonchev–Trinajstić information content (AvgIpc) is 2.64. The van der Waals surface area contributed by atoms with Gasteiger partial charge in [-0.05, 0) is 25.0 Å². The number of ether oxygens (including phenoxy) is 1. The molecule has 0 aromatic rings. The van der Waals surface area contributed by atoms with E-state index in [2.05, 4.69) is 0 Å². The first-order valence-corrected chi connectivity index (χ1v) is 6.72. The van der Waals surface area contributed by atoms with Crippen LogP contribution < -0.4 is 5.73 Å². The maximum Gasteiger partial charge on any atom is 0.0963 e. The maximum atomic E-state index is 7.44. The quantitative estimate of drug-likeness (QED) is 0.418. The fourth-order valence-electron chi connectivity index (χ4n) is 1.45. The molecule has 88 valence electrons. The van der Waals surface area contributed by atoms with Gasteiger partial charge in [0.15, 0.2) is 0 Å². The van der Waals surface area contributed by atoms with E-state index in [0.717, 1.165) is 24.5 Å². The number of thioether (sulfide) groups is 1. The van der Waals surface area contributed by atoms with Crippen LogP contribution >= 0.6 is 11.8 Å². The molecule has 0 aromatic carbocycles. The van der Waals surface area contributed by atoms with Crippen molar-refractivity contribution in [2.45, 2.75) is 39.2 Å². The Morgan fingerprint density at radius 1 is 1.60 bits per heavy atom. The van der Waals surface area contributed by atoms with Crippen molar-refractivity contribution in [1.29, 1.82) is 5.41 Å². The lowest BCUT2D eigenvalue weighted by molar-refractivity contribution is 0.129. The van der Waals surface area contributed by atoms with Gasteiger partial charge in [-0.25, -0.2) is 0 Å². The van der Waals surface area contributed by atoms with Crippen molar-refractivity contribution in [2.24, 2.45) is 11.1 Å². The largest absolute Gasteiger partial charge is 0.387 e. The van der Waals surface area contributed by atoms with Crippen molar-refractivity contribution in [3.05, 3.63) is 0 Å². The molecule has 4 heteroatoms. The van der Waals surface area contributed by atoms with E-state index in [4.69, 9.17) is 15.9 Å². The Morgan fingerprint density at radius 3 is 2.87 bits per heavy atom. The standard InChI is InChI=1S/C11H22N2OS/c1-11(2,10(12)13)5-7-15-8-9-4-3-6-14-9/h9H,3-8H2,1-2H3,(H3,12,13). The van der Waals surface area contributed by atoms with E-state index in [0.29, 0.717) is 11.9 Å². The number of nitrogens with two attached hydrogens (primary N) is 1. The van der Waals surface area contributed by atoms with E-state index >= 15 is 0 Å². The Bertz CT molecular complexity index is 213. The summed E-state index contributed by atoms with van der Waals surface area (Å²) in [7, 11) is 0. The normalized spacial score (nSPS) is 21.9. The lowest BCUT2D eigenvalue weighted by atomic mass is 9.89. The molecule has 1 saturated heterocycles. The van der Waals surface area contributed by atoms with Crippen LogP contribution in [0.15, 0.2) is 0 Å². The van der Waals surface area contributed by atoms with Crippen LogP contribution in [0, 0.1) is 10.8 Å². The molecule has 0 bridgehead atoms. The van der Waals surface area contributed by atoms with Gasteiger partial charge in [0.05, 0.1) is 11.9 Å². The highest BCUT2D eigenvalue weighted by atomic mass is 32.2. The van der Waals surface area contributed by atoms with Crippen molar-refractivity contribution in [1.82, 2.24) is 0 Å². The molecule has 0 saturated carbocycles. The van der Waals surface area contributed by atoms with E-state index < -0.39 is 0 Å². The summed E-state index contributed by atoms with van der Waals surface area (Å²) in [6.07, 6.45) is 3.86. The highest BCUT2D eigenvalue weighted by Crippen LogP contribution is 2.24. The molecule has 1 rings (SSSR count). The molecule has 0 radical (unpaired) electrons. The fourth-order valence-corrected chi connectivity index (χ4v) is 2.80. The van der Waals surface area contributed by atoms with Crippen molar-refractivity contribution in [2.75, 3.05) is 18.1 Å². The second-order valence-corrected chi connectivity index (χ2v) is 5.91. The molecule has 1 atom stereocenters. The van der Waals surface area contributed by atoms with Crippen molar-refractivity contribution >= 4 is 17.6 Å². The molecule has 15 heavy (non-hydrogen) atoms. The minimum Gasteiger partial charge on any atom is -0.387 e. The highest BCUT2D eigenvalue weighted by Gasteiger charge is 2.21. The topological polar surface area (TPSA) is 59.1 Å². The van der Waals surface area contributed by atoms with Crippen LogP contribution in [0.5, 0.6) is 0 Å². The number of nitrogens with one attached hydrogen (secondary N) is 1. The molecule has 1 fully saturated rings. The van der Waals surface area contributed by atoms with E-state index in [9.17, 15) is 0 Å². The Labute approximate surface area is 96.6 Å². The number of rotatable bonds is 6. The van der Waals surface area contributed by atoms with Crippen LogP contribution in [0.3, 0.4) is 0 Å². The molecular weight excluding hydrogens is 208 g/mol. The van der Waals surface area contributed by atoms with Crippen molar-refractivity contribution < 1.29 is 4.74 Å². The first-order valence-electron chi connectivity index (χ1n) is 5.56. The molecule has 0 amide bonds. The third kappa shape index (κ3) is 4.43. The van der Waals surface area contributed by atoms with Gasteiger partial charge in [-0.3, -0.25) is 5.41 Å². The summed E-state index contributed by atoms with van der Waals surface area (Å²) in [4.78, 5) is 0. The molecular formula is C11H22N2OS. The SMILES string of the molecule is CC(C)(CCSCC1CCCO1)C(=N)N. The molecule has 0 aliphatic carbocycles. The minimum absolute atomic E-state index is 0.149. The molecule has 1 aliphatic rings. The summed E-state index contributed by atoms with van der Waals surface area (Å²) in [6, 6.07) is 0. The molecule has 3 N–H and O–H groups in total. The third-order valence-electron chi connectivity index (χ3n) is 2.93. The van der Waals surface area contributed by atoms with Gasteiger partial charge in [0, 0.05) is 17.8 Å². The van der Waals surface area contributed by atoms with Crippen molar-refractivity contribution in [3.63, 3.8) is 0 Å². The van der Waals surface area contributed by atoms with Crippen LogP contribution in [0.2, 0.25) is 0 Å². The van der Waals surface area contributed by atoms with Gasteiger partial charge in [-0.1, -0.05) is 13.8 Å². The van der Waals surface area contributed by atoms with Gasteiger partial charge in [0.2, 0.25) is 0 Å². The lowest BCUT2D eigenvalue weighted by Gasteiger charge is -2.22. The molecule has 1 unspecified atom stereocenters. The monoisotopic (exact) mass is 230 g/mol. The third-order valence-corrected chi connectivity index (χ3v) is 4.03. The number of amidine groups is 1. The second kappa shape index (κ2) is 5.75. The van der Waals surface area contributed by atoms with Crippen LogP contribution in [0.1, 0.15) is 33.1 Å². The summed E-state index contributed by atoms with van der Waals surface area (Å²) >= 11 is 1.92. The van der Waals surface area contributed by atoms with Gasteiger partial charge < -0.3 is 10.5 Å². The number of hydrogen-bond donors (Lipinski definition) is 2. The van der Waals surface area contributed by atoms with Gasteiger partial charge >= 0.3 is 0 Å². The molecule has 3 nitrogen and oxygen atoms in total. The summed E-state index contributed by atoms with van der Waals surface area (Å²) in [5.74, 6) is 2.45. The zero-order chi connectivity index (χ0) is 11.3. The zero-order valence-corrected chi connectivity index (χ0v) is 10.5. The fraction of sp³-hybridized carbons (Fsp3) is 0.909. The van der Waals surface area contributed by atoms with Gasteiger partial charge in [-0.15, -0.1) is 0 Å². The van der Waals surface area contributed by atoms with E-state index in [-0.39, 0.29) is 5.41 Å². The molecule has 0 aromatic heterocycles. The Morgan fingerprint density at radius 2 is 2.33 bits per heavy atom. The van der Waals surface area contributed by atoms with E-state index in [1.165, 1.54) is 12.8 Å². The minimum atomic E-state index is -0.149. The van der Waals surface area contributed by atoms with Crippen LogP contribution in [-0.2, 0) is 4.74 Å². The maximum absolute atomic E-state index is 7.44. The van der Waals surface area contributed by atoms with E-state index in [1.54, 1.807) is 0 Å². The van der Waals surface area contributed by atoms with Crippen molar-refractivity contribution in [3.8, 4) is 0 Å². The predicted octanol–water partition coefficient (Wildman–Crippen LogP) is 2.25. The second-order valence-electron chi connectivity index (χ2n) is 4.76. The summed E-state index contributed by atoms with van der Waals surface area (Å²) in [5.41, 5.74) is 5.37. The predicted molar refractivity (Wildman–Crippen MR) is 66.6 cm³/mol. The summed E-state index contributed by atoms with van der Waals surface area (Å²) in [6.45, 7) is 4.99. The lowest BCUT2D eigenvalue weighted by Crippen LogP contribution is -2.31. The molecule has 0 spiro atoms. The van der Waals surface area contributed by atoms with E-state index in [1.807, 2.05) is 25.6 Å². The first-order chi connectivity index (χ1) is 7.02. The Kier molecular flexibility index (Phi) is 4.93. The average molecular weight is 230 g/mol. The highest BCUT2D eigenvalue weighted by molar-refractivity contribution is 7.99. The Hall–Kier alpha value is -0.220. The summed E-state index contributed by atoms with van der Waals surface area (Å²) in [5, 5.41) is 7.44. The molecule has 1 aliphatic heterocycles. The van der Waals surface area contributed by atoms with Gasteiger partial charge in [0.1, 0.15) is 0 Å². The van der Waals surface area contributed by atoms with Crippen LogP contribution in [0.4, 0.5) is 0 Å². The first kappa shape index (κ1) is 12.8. The van der Waals surface area contributed by atoms with Crippen LogP contribution in [0.25, 0.3) is 0 Å². The Balaban J connectivity index is 2.08. The zero-order valence-electron chi connectivity index (χ0n) is 9.71. The van der Waals surface area contributed by atoms with Crippen LogP contribution in [-0.4, -0.2) is 30.1 Å².